The van der Waals surface area contributed by atoms with Gasteiger partial charge in [-0.15, -0.1) is 0 Å². The number of halogens is 1. The number of hydrogen-bond donors (Lipinski definition) is 1. The van der Waals surface area contributed by atoms with Crippen LogP contribution in [0.25, 0.3) is 0 Å². The summed E-state index contributed by atoms with van der Waals surface area (Å²) in [7, 11) is 0. The van der Waals surface area contributed by atoms with Crippen LogP contribution in [0.4, 0.5) is 0 Å². The van der Waals surface area contributed by atoms with Gasteiger partial charge in [-0.25, -0.2) is 0 Å². The zero-order valence-corrected chi connectivity index (χ0v) is 10.3. The van der Waals surface area contributed by atoms with Crippen LogP contribution in [0.1, 0.15) is 11.8 Å². The third-order valence-corrected chi connectivity index (χ3v) is 1.82. The van der Waals surface area contributed by atoms with Crippen LogP contribution < -0.4 is 29.6 Å². The third kappa shape index (κ3) is 3.27. The maximum absolute atomic E-state index is 11.0. The molecule has 2 nitrogen and oxygen atoms in total. The Bertz CT molecular complexity index is 263. The monoisotopic (exact) mass is 238 g/mol. The predicted octanol–water partition coefficient (Wildman–Crippen LogP) is -0.914. The maximum atomic E-state index is 11.0. The summed E-state index contributed by atoms with van der Waals surface area (Å²) < 4.78 is 0. The molecule has 0 unspecified atom stereocenters. The summed E-state index contributed by atoms with van der Waals surface area (Å²) in [6, 6.07) is 6.18. The fourth-order valence-electron chi connectivity index (χ4n) is 0.724. The first-order valence-corrected chi connectivity index (χ1v) is 4.24. The molecule has 0 aliphatic heterocycles. The molecule has 0 fully saturated rings. The van der Waals surface area contributed by atoms with E-state index < -0.39 is 0 Å². The molecule has 0 radical (unpaired) electrons. The van der Waals surface area contributed by atoms with Crippen molar-refractivity contribution in [3.63, 3.8) is 0 Å². The van der Waals surface area contributed by atoms with Gasteiger partial charge in [0.2, 0.25) is 0 Å². The van der Waals surface area contributed by atoms with E-state index in [4.69, 9.17) is 5.11 Å². The molecule has 1 aromatic carbocycles. The van der Waals surface area contributed by atoms with Crippen molar-refractivity contribution in [1.29, 1.82) is 0 Å². The van der Waals surface area contributed by atoms with Crippen molar-refractivity contribution < 1.29 is 40.9 Å². The van der Waals surface area contributed by atoms with Crippen LogP contribution in [0.15, 0.2) is 24.3 Å². The Morgan fingerprint density at radius 3 is 2.33 bits per heavy atom. The number of rotatable bonds is 2. The van der Waals surface area contributed by atoms with Gasteiger partial charge in [0.05, 0.1) is 5.33 Å². The molecule has 60 valence electrons. The Kier molecular flexibility index (Phi) is 5.84. The second-order valence-corrected chi connectivity index (χ2v) is 2.66. The van der Waals surface area contributed by atoms with E-state index in [1.165, 1.54) is 12.1 Å². The standard InChI is InChI=1S/C8H7BrO2.Na.H/c9-5-8(11)6-1-3-7(10)4-2-6;;/h1-4,10H,5H2;;/q;+1;-1. The first-order valence-electron chi connectivity index (χ1n) is 3.12. The smallest absolute Gasteiger partial charge is 1.00 e. The summed E-state index contributed by atoms with van der Waals surface area (Å²) >= 11 is 3.06. The first kappa shape index (κ1) is 12.2. The van der Waals surface area contributed by atoms with E-state index in [2.05, 4.69) is 15.9 Å². The molecular formula is C8H8BrNaO2. The van der Waals surface area contributed by atoms with Crippen molar-refractivity contribution in [2.75, 3.05) is 5.33 Å². The number of benzene rings is 1. The number of aromatic hydroxyl groups is 1. The average molecular weight is 239 g/mol. The van der Waals surface area contributed by atoms with E-state index in [1.807, 2.05) is 0 Å². The van der Waals surface area contributed by atoms with Gasteiger partial charge in [-0.1, -0.05) is 15.9 Å². The minimum atomic E-state index is 0. The Labute approximate surface area is 103 Å². The first-order chi connectivity index (χ1) is 5.24. The van der Waals surface area contributed by atoms with Gasteiger partial charge in [-0.2, -0.15) is 0 Å². The SMILES string of the molecule is O=C(CBr)c1ccc(O)cc1.[H-].[Na+]. The Balaban J connectivity index is 0. The molecule has 0 saturated heterocycles. The molecule has 0 atom stereocenters. The zero-order valence-electron chi connectivity index (χ0n) is 7.75. The van der Waals surface area contributed by atoms with Crippen molar-refractivity contribution in [3.05, 3.63) is 29.8 Å². The predicted molar refractivity (Wildman–Crippen MR) is 47.3 cm³/mol. The van der Waals surface area contributed by atoms with E-state index in [-0.39, 0.29) is 42.5 Å². The summed E-state index contributed by atoms with van der Waals surface area (Å²) in [4.78, 5) is 11.0. The molecule has 0 amide bonds. The van der Waals surface area contributed by atoms with Gasteiger partial charge in [0.1, 0.15) is 5.75 Å². The van der Waals surface area contributed by atoms with Crippen molar-refractivity contribution in [1.82, 2.24) is 0 Å². The normalized spacial score (nSPS) is 8.75. The molecular weight excluding hydrogens is 231 g/mol. The summed E-state index contributed by atoms with van der Waals surface area (Å²) in [5, 5.41) is 9.21. The van der Waals surface area contributed by atoms with E-state index >= 15 is 0 Å². The largest absolute Gasteiger partial charge is 1.00 e. The number of hydrogen-bond acceptors (Lipinski definition) is 2. The Hall–Kier alpha value is 0.170. The van der Waals surface area contributed by atoms with Gasteiger partial charge in [-0.3, -0.25) is 4.79 Å². The van der Waals surface area contributed by atoms with Crippen LogP contribution in [0.5, 0.6) is 5.75 Å². The maximum Gasteiger partial charge on any atom is 1.00 e. The molecule has 0 aliphatic rings. The molecule has 4 heteroatoms. The molecule has 0 bridgehead atoms. The van der Waals surface area contributed by atoms with Gasteiger partial charge in [-0.05, 0) is 24.3 Å². The van der Waals surface area contributed by atoms with E-state index in [9.17, 15) is 4.79 Å². The van der Waals surface area contributed by atoms with Crippen molar-refractivity contribution >= 4 is 21.7 Å². The number of carbonyl (C=O) groups is 1. The minimum absolute atomic E-state index is 0. The van der Waals surface area contributed by atoms with Gasteiger partial charge in [0, 0.05) is 5.56 Å². The van der Waals surface area contributed by atoms with Crippen LogP contribution in [-0.2, 0) is 0 Å². The summed E-state index contributed by atoms with van der Waals surface area (Å²) in [6.07, 6.45) is 0. The molecule has 1 N–H and O–H groups in total. The van der Waals surface area contributed by atoms with Crippen molar-refractivity contribution in [3.8, 4) is 5.75 Å². The van der Waals surface area contributed by atoms with Gasteiger partial charge in [0.15, 0.2) is 5.78 Å². The third-order valence-electron chi connectivity index (χ3n) is 1.31. The Morgan fingerprint density at radius 2 is 1.92 bits per heavy atom. The van der Waals surface area contributed by atoms with Gasteiger partial charge >= 0.3 is 29.6 Å². The number of carbonyl (C=O) groups excluding carboxylic acids is 1. The van der Waals surface area contributed by atoms with Crippen molar-refractivity contribution in [2.24, 2.45) is 0 Å². The molecule has 1 aromatic rings. The molecule has 0 spiro atoms. The Morgan fingerprint density at radius 1 is 1.42 bits per heavy atom. The minimum Gasteiger partial charge on any atom is -1.00 e. The molecule has 1 rings (SSSR count). The zero-order chi connectivity index (χ0) is 8.27. The van der Waals surface area contributed by atoms with E-state index in [1.54, 1.807) is 12.1 Å². The fraction of sp³-hybridized carbons (Fsp3) is 0.125. The second-order valence-electron chi connectivity index (χ2n) is 2.10. The number of ketones is 1. The number of phenolic OH excluding ortho intramolecular Hbond substituents is 1. The second kappa shape index (κ2) is 5.75. The number of alkyl halides is 1. The van der Waals surface area contributed by atoms with Crippen LogP contribution in [-0.4, -0.2) is 16.2 Å². The van der Waals surface area contributed by atoms with Crippen LogP contribution in [0, 0.1) is 0 Å². The fourth-order valence-corrected chi connectivity index (χ4v) is 1.05. The van der Waals surface area contributed by atoms with Crippen LogP contribution in [0.2, 0.25) is 0 Å². The summed E-state index contributed by atoms with van der Waals surface area (Å²) in [6.45, 7) is 0. The van der Waals surface area contributed by atoms with Crippen molar-refractivity contribution in [2.45, 2.75) is 0 Å². The average Bonchev–Trinajstić information content (AvgIpc) is 2.05. The molecule has 0 aromatic heterocycles. The van der Waals surface area contributed by atoms with Crippen LogP contribution >= 0.6 is 15.9 Å². The summed E-state index contributed by atoms with van der Waals surface area (Å²) in [5.74, 6) is 0.195. The molecule has 0 aliphatic carbocycles. The summed E-state index contributed by atoms with van der Waals surface area (Å²) in [5.41, 5.74) is 0.611. The molecule has 12 heavy (non-hydrogen) atoms. The molecule has 0 saturated carbocycles. The van der Waals surface area contributed by atoms with E-state index in [0.29, 0.717) is 10.9 Å². The topological polar surface area (TPSA) is 37.3 Å². The molecule has 0 heterocycles. The van der Waals surface area contributed by atoms with Gasteiger partial charge in [0.25, 0.3) is 0 Å². The quantitative estimate of drug-likeness (QED) is 0.412. The van der Waals surface area contributed by atoms with E-state index in [0.717, 1.165) is 0 Å². The number of Topliss-reactive ketones (excluding diaryl/α,β-unsaturated/α-hetero) is 1. The van der Waals surface area contributed by atoms with Gasteiger partial charge < -0.3 is 6.53 Å². The van der Waals surface area contributed by atoms with Crippen LogP contribution in [0.3, 0.4) is 0 Å². The number of phenols is 1.